The average molecular weight is 195 g/mol. The second-order valence-corrected chi connectivity index (χ2v) is 4.01. The predicted octanol–water partition coefficient (Wildman–Crippen LogP) is 1.74. The first-order valence-corrected chi connectivity index (χ1v) is 4.85. The first kappa shape index (κ1) is 9.62. The second-order valence-electron chi connectivity index (χ2n) is 4.01. The molecule has 0 saturated heterocycles. The number of aliphatic hydroxyl groups is 1. The fourth-order valence-electron chi connectivity index (χ4n) is 1.87. The van der Waals surface area contributed by atoms with Crippen molar-refractivity contribution in [1.82, 2.24) is 0 Å². The third-order valence-corrected chi connectivity index (χ3v) is 3.03. The topological polar surface area (TPSA) is 46.2 Å². The minimum absolute atomic E-state index is 0.315. The Kier molecular flexibility index (Phi) is 2.29. The van der Waals surface area contributed by atoms with Gasteiger partial charge in [0.1, 0.15) is 5.82 Å². The maximum atomic E-state index is 13.3. The molecule has 1 atom stereocenters. The van der Waals surface area contributed by atoms with Crippen LogP contribution in [0, 0.1) is 5.82 Å². The van der Waals surface area contributed by atoms with Gasteiger partial charge in [0, 0.05) is 11.1 Å². The highest BCUT2D eigenvalue weighted by Gasteiger charge is 2.41. The lowest BCUT2D eigenvalue weighted by molar-refractivity contribution is 0.0312. The Morgan fingerprint density at radius 1 is 1.36 bits per heavy atom. The molecule has 76 valence electrons. The van der Waals surface area contributed by atoms with Crippen LogP contribution in [0.15, 0.2) is 24.3 Å². The number of benzene rings is 1. The normalized spacial score (nSPS) is 21.4. The van der Waals surface area contributed by atoms with E-state index in [1.54, 1.807) is 18.2 Å². The van der Waals surface area contributed by atoms with E-state index >= 15 is 0 Å². The van der Waals surface area contributed by atoms with Gasteiger partial charge in [0.25, 0.3) is 0 Å². The molecule has 14 heavy (non-hydrogen) atoms. The molecule has 1 aliphatic carbocycles. The van der Waals surface area contributed by atoms with E-state index in [1.165, 1.54) is 6.07 Å². The lowest BCUT2D eigenvalue weighted by Crippen LogP contribution is -2.51. The molecule has 1 unspecified atom stereocenters. The summed E-state index contributed by atoms with van der Waals surface area (Å²) in [6.07, 6.45) is 1.67. The second kappa shape index (κ2) is 3.33. The zero-order chi connectivity index (χ0) is 10.2. The molecule has 0 amide bonds. The monoisotopic (exact) mass is 195 g/mol. The Bertz CT molecular complexity index is 336. The summed E-state index contributed by atoms with van der Waals surface area (Å²) < 4.78 is 13.3. The first-order valence-electron chi connectivity index (χ1n) is 4.85. The molecule has 0 radical (unpaired) electrons. The van der Waals surface area contributed by atoms with Crippen LogP contribution in [-0.2, 0) is 0 Å². The average Bonchev–Trinajstić information content (AvgIpc) is 2.14. The van der Waals surface area contributed by atoms with Gasteiger partial charge < -0.3 is 10.8 Å². The van der Waals surface area contributed by atoms with E-state index in [4.69, 9.17) is 5.73 Å². The van der Waals surface area contributed by atoms with Crippen molar-refractivity contribution in [2.45, 2.75) is 30.9 Å². The summed E-state index contributed by atoms with van der Waals surface area (Å²) in [5.41, 5.74) is 5.64. The van der Waals surface area contributed by atoms with Gasteiger partial charge in [-0.25, -0.2) is 4.39 Å². The highest BCUT2D eigenvalue weighted by Crippen LogP contribution is 2.40. The van der Waals surface area contributed by atoms with Crippen LogP contribution in [-0.4, -0.2) is 10.6 Å². The van der Waals surface area contributed by atoms with Gasteiger partial charge in [-0.15, -0.1) is 0 Å². The summed E-state index contributed by atoms with van der Waals surface area (Å²) >= 11 is 0. The quantitative estimate of drug-likeness (QED) is 0.755. The summed E-state index contributed by atoms with van der Waals surface area (Å²) in [7, 11) is 0. The minimum Gasteiger partial charge on any atom is -0.386 e. The molecule has 0 aliphatic heterocycles. The highest BCUT2D eigenvalue weighted by molar-refractivity contribution is 5.24. The van der Waals surface area contributed by atoms with Gasteiger partial charge in [-0.1, -0.05) is 18.2 Å². The van der Waals surface area contributed by atoms with Crippen molar-refractivity contribution in [3.05, 3.63) is 35.6 Å². The van der Waals surface area contributed by atoms with Gasteiger partial charge in [-0.2, -0.15) is 0 Å². The van der Waals surface area contributed by atoms with Crippen molar-refractivity contribution >= 4 is 0 Å². The molecule has 1 fully saturated rings. The number of hydrogen-bond acceptors (Lipinski definition) is 2. The summed E-state index contributed by atoms with van der Waals surface area (Å²) in [6.45, 7) is 0. The van der Waals surface area contributed by atoms with Crippen molar-refractivity contribution in [3.8, 4) is 0 Å². The smallest absolute Gasteiger partial charge is 0.129 e. The molecular formula is C11H14FNO. The fraction of sp³-hybridized carbons (Fsp3) is 0.455. The van der Waals surface area contributed by atoms with Crippen LogP contribution >= 0.6 is 0 Å². The number of aliphatic hydroxyl groups excluding tert-OH is 1. The number of nitrogens with two attached hydrogens (primary N) is 1. The molecule has 1 saturated carbocycles. The molecule has 2 rings (SSSR count). The van der Waals surface area contributed by atoms with Crippen molar-refractivity contribution < 1.29 is 9.50 Å². The molecular weight excluding hydrogens is 181 g/mol. The highest BCUT2D eigenvalue weighted by atomic mass is 19.1. The van der Waals surface area contributed by atoms with Gasteiger partial charge in [0.2, 0.25) is 0 Å². The van der Waals surface area contributed by atoms with E-state index in [9.17, 15) is 9.50 Å². The summed E-state index contributed by atoms with van der Waals surface area (Å²) in [4.78, 5) is 0. The Balaban J connectivity index is 2.26. The van der Waals surface area contributed by atoms with E-state index < -0.39 is 11.6 Å². The lowest BCUT2D eigenvalue weighted by Gasteiger charge is -2.42. The van der Waals surface area contributed by atoms with Crippen LogP contribution < -0.4 is 5.73 Å². The SMILES string of the molecule is NC1(C(O)c2ccccc2F)CCC1. The molecule has 2 nitrogen and oxygen atoms in total. The Hall–Kier alpha value is -0.930. The van der Waals surface area contributed by atoms with Crippen LogP contribution in [0.3, 0.4) is 0 Å². The van der Waals surface area contributed by atoms with Crippen LogP contribution in [0.2, 0.25) is 0 Å². The van der Waals surface area contributed by atoms with Crippen LogP contribution in [0.5, 0.6) is 0 Å². The van der Waals surface area contributed by atoms with Crippen LogP contribution in [0.4, 0.5) is 4.39 Å². The molecule has 0 heterocycles. The summed E-state index contributed by atoms with van der Waals surface area (Å²) in [5, 5.41) is 9.92. The van der Waals surface area contributed by atoms with E-state index in [0.29, 0.717) is 5.56 Å². The molecule has 0 bridgehead atoms. The van der Waals surface area contributed by atoms with Crippen LogP contribution in [0.25, 0.3) is 0 Å². The van der Waals surface area contributed by atoms with Crippen molar-refractivity contribution in [3.63, 3.8) is 0 Å². The van der Waals surface area contributed by atoms with Crippen LogP contribution in [0.1, 0.15) is 30.9 Å². The van der Waals surface area contributed by atoms with E-state index in [-0.39, 0.29) is 5.82 Å². The zero-order valence-electron chi connectivity index (χ0n) is 7.91. The summed E-state index contributed by atoms with van der Waals surface area (Å²) in [5.74, 6) is -0.378. The Morgan fingerprint density at radius 2 is 2.00 bits per heavy atom. The van der Waals surface area contributed by atoms with E-state index in [1.807, 2.05) is 0 Å². The Labute approximate surface area is 82.5 Å². The third kappa shape index (κ3) is 1.42. The molecule has 3 heteroatoms. The van der Waals surface area contributed by atoms with Crippen molar-refractivity contribution in [1.29, 1.82) is 0 Å². The molecule has 1 aliphatic rings. The number of rotatable bonds is 2. The maximum Gasteiger partial charge on any atom is 0.129 e. The van der Waals surface area contributed by atoms with Gasteiger partial charge in [0.15, 0.2) is 0 Å². The van der Waals surface area contributed by atoms with Gasteiger partial charge in [-0.3, -0.25) is 0 Å². The first-order chi connectivity index (χ1) is 6.63. The molecule has 1 aromatic rings. The molecule has 1 aromatic carbocycles. The third-order valence-electron chi connectivity index (χ3n) is 3.03. The van der Waals surface area contributed by atoms with Crippen molar-refractivity contribution in [2.75, 3.05) is 0 Å². The van der Waals surface area contributed by atoms with Gasteiger partial charge >= 0.3 is 0 Å². The maximum absolute atomic E-state index is 13.3. The van der Waals surface area contributed by atoms with Gasteiger partial charge in [0.05, 0.1) is 6.10 Å². The number of halogens is 1. The Morgan fingerprint density at radius 3 is 2.50 bits per heavy atom. The lowest BCUT2D eigenvalue weighted by atomic mass is 9.71. The standard InChI is InChI=1S/C11H14FNO/c12-9-5-2-1-4-8(9)10(14)11(13)6-3-7-11/h1-2,4-5,10,14H,3,6-7,13H2. The molecule has 0 aromatic heterocycles. The van der Waals surface area contributed by atoms with Crippen molar-refractivity contribution in [2.24, 2.45) is 5.73 Å². The fourth-order valence-corrected chi connectivity index (χ4v) is 1.87. The molecule has 0 spiro atoms. The summed E-state index contributed by atoms with van der Waals surface area (Å²) in [6, 6.07) is 6.26. The number of hydrogen-bond donors (Lipinski definition) is 2. The van der Waals surface area contributed by atoms with E-state index in [0.717, 1.165) is 19.3 Å². The largest absolute Gasteiger partial charge is 0.386 e. The minimum atomic E-state index is -0.877. The van der Waals surface area contributed by atoms with E-state index in [2.05, 4.69) is 0 Å². The predicted molar refractivity (Wildman–Crippen MR) is 52.1 cm³/mol. The zero-order valence-corrected chi connectivity index (χ0v) is 7.91. The van der Waals surface area contributed by atoms with Gasteiger partial charge in [-0.05, 0) is 25.3 Å². The molecule has 3 N–H and O–H groups in total.